The zero-order valence-corrected chi connectivity index (χ0v) is 16.8. The molecule has 0 spiro atoms. The standard InChI is InChI=1S/C19H29NO5S/c1-19(2,3)25-18(21)20-12-6-5-7-15(13-20)14-24-16-8-10-17(11-9-16)26(4,22)23/h8-11,15H,5-7,12-14H2,1-4H3. The van der Waals surface area contributed by atoms with Crippen LogP contribution in [0.1, 0.15) is 40.0 Å². The first-order valence-electron chi connectivity index (χ1n) is 8.95. The summed E-state index contributed by atoms with van der Waals surface area (Å²) in [5.74, 6) is 0.852. The number of hydrogen-bond acceptors (Lipinski definition) is 5. The van der Waals surface area contributed by atoms with E-state index in [-0.39, 0.29) is 16.9 Å². The normalized spacial score (nSPS) is 18.9. The molecule has 1 unspecified atom stereocenters. The SMILES string of the molecule is CC(C)(C)OC(=O)N1CCCCC(COc2ccc(S(C)(=O)=O)cc2)C1. The Labute approximate surface area is 156 Å². The molecule has 0 radical (unpaired) electrons. The van der Waals surface area contributed by atoms with Crippen LogP contribution in [0.15, 0.2) is 29.2 Å². The van der Waals surface area contributed by atoms with Crippen molar-refractivity contribution in [2.45, 2.75) is 50.5 Å². The summed E-state index contributed by atoms with van der Waals surface area (Å²) in [5.41, 5.74) is -0.503. The molecule has 0 aliphatic carbocycles. The number of carbonyl (C=O) groups is 1. The Kier molecular flexibility index (Phi) is 6.55. The molecule has 1 saturated heterocycles. The maximum atomic E-state index is 12.3. The molecule has 0 bridgehead atoms. The van der Waals surface area contributed by atoms with Crippen molar-refractivity contribution in [1.29, 1.82) is 0 Å². The van der Waals surface area contributed by atoms with Crippen molar-refractivity contribution < 1.29 is 22.7 Å². The van der Waals surface area contributed by atoms with Gasteiger partial charge in [0.2, 0.25) is 0 Å². The molecule has 0 N–H and O–H groups in total. The maximum absolute atomic E-state index is 12.3. The summed E-state index contributed by atoms with van der Waals surface area (Å²) in [6.45, 7) is 7.39. The predicted octanol–water partition coefficient (Wildman–Crippen LogP) is 3.51. The number of carbonyl (C=O) groups excluding carboxylic acids is 1. The first-order chi connectivity index (χ1) is 12.0. The fourth-order valence-electron chi connectivity index (χ4n) is 2.86. The molecule has 0 aromatic heterocycles. The van der Waals surface area contributed by atoms with E-state index in [0.29, 0.717) is 25.4 Å². The molecule has 1 aliphatic rings. The molecular formula is C19H29NO5S. The largest absolute Gasteiger partial charge is 0.493 e. The van der Waals surface area contributed by atoms with Gasteiger partial charge < -0.3 is 14.4 Å². The first kappa shape index (κ1) is 20.6. The number of ether oxygens (including phenoxy) is 2. The highest BCUT2D eigenvalue weighted by Gasteiger charge is 2.26. The molecule has 1 atom stereocenters. The number of rotatable bonds is 4. The lowest BCUT2D eigenvalue weighted by Gasteiger charge is -2.28. The third-order valence-corrected chi connectivity index (χ3v) is 5.29. The smallest absolute Gasteiger partial charge is 0.410 e. The second-order valence-electron chi connectivity index (χ2n) is 7.84. The van der Waals surface area contributed by atoms with Crippen molar-refractivity contribution in [3.8, 4) is 5.75 Å². The van der Waals surface area contributed by atoms with Crippen molar-refractivity contribution in [2.24, 2.45) is 5.92 Å². The van der Waals surface area contributed by atoms with Crippen LogP contribution in [0.2, 0.25) is 0 Å². The van der Waals surface area contributed by atoms with Crippen molar-refractivity contribution in [1.82, 2.24) is 4.90 Å². The number of amides is 1. The summed E-state index contributed by atoms with van der Waals surface area (Å²) in [4.78, 5) is 14.4. The van der Waals surface area contributed by atoms with Crippen molar-refractivity contribution in [2.75, 3.05) is 26.0 Å². The van der Waals surface area contributed by atoms with Gasteiger partial charge in [-0.15, -0.1) is 0 Å². The Morgan fingerprint density at radius 2 is 1.85 bits per heavy atom. The van der Waals surface area contributed by atoms with E-state index in [1.807, 2.05) is 20.8 Å². The zero-order valence-electron chi connectivity index (χ0n) is 16.0. The van der Waals surface area contributed by atoms with Gasteiger partial charge in [-0.3, -0.25) is 0 Å². The fraction of sp³-hybridized carbons (Fsp3) is 0.632. The number of hydrogen-bond donors (Lipinski definition) is 0. The Bertz CT molecular complexity index is 706. The Hall–Kier alpha value is -1.76. The van der Waals surface area contributed by atoms with Crippen LogP contribution in [0.4, 0.5) is 4.79 Å². The quantitative estimate of drug-likeness (QED) is 0.795. The summed E-state index contributed by atoms with van der Waals surface area (Å²) >= 11 is 0. The summed E-state index contributed by atoms with van der Waals surface area (Å²) in [7, 11) is -3.21. The third-order valence-electron chi connectivity index (χ3n) is 4.16. The summed E-state index contributed by atoms with van der Waals surface area (Å²) < 4.78 is 34.3. The molecule has 6 nitrogen and oxygen atoms in total. The molecule has 26 heavy (non-hydrogen) atoms. The van der Waals surface area contributed by atoms with Crippen LogP contribution in [0, 0.1) is 5.92 Å². The number of benzene rings is 1. The topological polar surface area (TPSA) is 72.9 Å². The molecule has 1 aromatic rings. The van der Waals surface area contributed by atoms with Gasteiger partial charge in [-0.05, 0) is 57.9 Å². The Balaban J connectivity index is 1.92. The minimum Gasteiger partial charge on any atom is -0.493 e. The Morgan fingerprint density at radius 3 is 2.42 bits per heavy atom. The average molecular weight is 384 g/mol. The van der Waals surface area contributed by atoms with Crippen LogP contribution < -0.4 is 4.74 Å². The van der Waals surface area contributed by atoms with Crippen LogP contribution in [0.25, 0.3) is 0 Å². The number of likely N-dealkylation sites (tertiary alicyclic amines) is 1. The van der Waals surface area contributed by atoms with Gasteiger partial charge in [0, 0.05) is 25.3 Å². The van der Waals surface area contributed by atoms with E-state index >= 15 is 0 Å². The lowest BCUT2D eigenvalue weighted by atomic mass is 10.0. The highest BCUT2D eigenvalue weighted by Crippen LogP contribution is 2.21. The van der Waals surface area contributed by atoms with Crippen molar-refractivity contribution in [3.63, 3.8) is 0 Å². The minimum atomic E-state index is -3.21. The van der Waals surface area contributed by atoms with Gasteiger partial charge in [-0.25, -0.2) is 13.2 Å². The van der Waals surface area contributed by atoms with E-state index in [2.05, 4.69) is 0 Å². The average Bonchev–Trinajstić information content (AvgIpc) is 2.76. The molecule has 1 fully saturated rings. The van der Waals surface area contributed by atoms with Crippen LogP contribution in [0.5, 0.6) is 5.75 Å². The van der Waals surface area contributed by atoms with Gasteiger partial charge >= 0.3 is 6.09 Å². The van der Waals surface area contributed by atoms with Crippen LogP contribution in [-0.4, -0.2) is 51.0 Å². The van der Waals surface area contributed by atoms with E-state index in [9.17, 15) is 13.2 Å². The lowest BCUT2D eigenvalue weighted by Crippen LogP contribution is -2.40. The summed E-state index contributed by atoms with van der Waals surface area (Å²) in [5, 5.41) is 0. The molecule has 1 amide bonds. The van der Waals surface area contributed by atoms with Crippen LogP contribution in [-0.2, 0) is 14.6 Å². The van der Waals surface area contributed by atoms with Gasteiger partial charge in [-0.2, -0.15) is 0 Å². The zero-order chi connectivity index (χ0) is 19.4. The molecule has 2 rings (SSSR count). The van der Waals surface area contributed by atoms with Gasteiger partial charge in [0.15, 0.2) is 9.84 Å². The van der Waals surface area contributed by atoms with Crippen molar-refractivity contribution >= 4 is 15.9 Å². The van der Waals surface area contributed by atoms with E-state index in [1.54, 1.807) is 29.2 Å². The highest BCUT2D eigenvalue weighted by atomic mass is 32.2. The Morgan fingerprint density at radius 1 is 1.19 bits per heavy atom. The molecule has 0 saturated carbocycles. The second-order valence-corrected chi connectivity index (χ2v) is 9.86. The van der Waals surface area contributed by atoms with Crippen molar-refractivity contribution in [3.05, 3.63) is 24.3 Å². The van der Waals surface area contributed by atoms with Gasteiger partial charge in [-0.1, -0.05) is 6.42 Å². The third kappa shape index (κ3) is 6.52. The molecular weight excluding hydrogens is 354 g/mol. The monoisotopic (exact) mass is 383 g/mol. The molecule has 1 aromatic carbocycles. The van der Waals surface area contributed by atoms with E-state index in [0.717, 1.165) is 19.3 Å². The predicted molar refractivity (Wildman–Crippen MR) is 100 cm³/mol. The van der Waals surface area contributed by atoms with E-state index in [4.69, 9.17) is 9.47 Å². The number of nitrogens with zero attached hydrogens (tertiary/aromatic N) is 1. The fourth-order valence-corrected chi connectivity index (χ4v) is 3.49. The summed E-state index contributed by atoms with van der Waals surface area (Å²) in [6, 6.07) is 6.42. The van der Waals surface area contributed by atoms with Gasteiger partial charge in [0.05, 0.1) is 11.5 Å². The van der Waals surface area contributed by atoms with Gasteiger partial charge in [0.25, 0.3) is 0 Å². The number of sulfone groups is 1. The van der Waals surface area contributed by atoms with Gasteiger partial charge in [0.1, 0.15) is 11.4 Å². The molecule has 7 heteroatoms. The molecule has 1 heterocycles. The minimum absolute atomic E-state index is 0.222. The second kappa shape index (κ2) is 8.29. The van der Waals surface area contributed by atoms with Crippen LogP contribution >= 0.6 is 0 Å². The maximum Gasteiger partial charge on any atom is 0.410 e. The van der Waals surface area contributed by atoms with E-state index < -0.39 is 15.4 Å². The summed E-state index contributed by atoms with van der Waals surface area (Å²) in [6.07, 6.45) is 3.89. The first-order valence-corrected chi connectivity index (χ1v) is 10.8. The lowest BCUT2D eigenvalue weighted by molar-refractivity contribution is 0.0222. The van der Waals surface area contributed by atoms with E-state index in [1.165, 1.54) is 6.26 Å². The van der Waals surface area contributed by atoms with Crippen LogP contribution in [0.3, 0.4) is 0 Å². The molecule has 146 valence electrons. The highest BCUT2D eigenvalue weighted by molar-refractivity contribution is 7.90. The molecule has 1 aliphatic heterocycles.